The number of nitrogens with zero attached hydrogens (tertiary/aromatic N) is 2. The second-order valence-electron chi connectivity index (χ2n) is 11.6. The summed E-state index contributed by atoms with van der Waals surface area (Å²) in [6, 6.07) is 8.88. The third-order valence-electron chi connectivity index (χ3n) is 9.03. The Labute approximate surface area is 238 Å². The Kier molecular flexibility index (Phi) is 9.52. The average Bonchev–Trinajstić information content (AvgIpc) is 3.45. The fraction of sp³-hybridized carbons (Fsp3) is 0.594. The molecule has 0 aliphatic carbocycles. The second kappa shape index (κ2) is 12.7. The van der Waals surface area contributed by atoms with Crippen LogP contribution in [0.1, 0.15) is 57.9 Å². The number of fused-ring (bicyclic) bond motifs is 1. The Hall–Kier alpha value is -2.97. The van der Waals surface area contributed by atoms with Gasteiger partial charge in [-0.15, -0.1) is 13.2 Å². The molecule has 6 atom stereocenters. The molecule has 1 spiro atoms. The molecule has 3 saturated heterocycles. The molecule has 40 heavy (non-hydrogen) atoms. The molecule has 3 heterocycles. The van der Waals surface area contributed by atoms with Crippen LogP contribution in [0.3, 0.4) is 0 Å². The van der Waals surface area contributed by atoms with Gasteiger partial charge in [-0.1, -0.05) is 49.4 Å². The molecular formula is C32H44N2O6. The summed E-state index contributed by atoms with van der Waals surface area (Å²) in [7, 11) is 0. The van der Waals surface area contributed by atoms with E-state index in [1.54, 1.807) is 22.0 Å². The van der Waals surface area contributed by atoms with Crippen LogP contribution in [0.25, 0.3) is 0 Å². The Bertz CT molecular complexity index is 1090. The van der Waals surface area contributed by atoms with Gasteiger partial charge in [0.25, 0.3) is 0 Å². The lowest BCUT2D eigenvalue weighted by Gasteiger charge is -2.37. The summed E-state index contributed by atoms with van der Waals surface area (Å²) in [6.45, 7) is 12.9. The second-order valence-corrected chi connectivity index (χ2v) is 11.6. The Balaban J connectivity index is 1.70. The molecule has 3 unspecified atom stereocenters. The van der Waals surface area contributed by atoms with E-state index in [9.17, 15) is 19.5 Å². The van der Waals surface area contributed by atoms with E-state index in [0.29, 0.717) is 45.3 Å². The van der Waals surface area contributed by atoms with Crippen LogP contribution in [0.2, 0.25) is 0 Å². The monoisotopic (exact) mass is 552 g/mol. The third kappa shape index (κ3) is 5.36. The number of esters is 1. The normalized spacial score (nSPS) is 30.3. The van der Waals surface area contributed by atoms with Crippen molar-refractivity contribution in [3.8, 4) is 0 Å². The van der Waals surface area contributed by atoms with Gasteiger partial charge in [-0.05, 0) is 56.9 Å². The van der Waals surface area contributed by atoms with E-state index in [4.69, 9.17) is 9.47 Å². The number of aliphatic hydroxyl groups excluding tert-OH is 1. The van der Waals surface area contributed by atoms with Crippen molar-refractivity contribution in [1.29, 1.82) is 0 Å². The quantitative estimate of drug-likeness (QED) is 0.202. The standard InChI is InChI=1S/C32H44N2O6/c1-5-7-14-20-39-30(38)26-25-28(36)34(18-12-9-13-19-35)27(32(25)21-23(3)31(26,4)40-32)29(37)33(17-6-2)22-24-15-10-8-11-16-24/h5-6,8,10-11,15-16,23,25-27,35H,1-2,7,9,12-14,17-22H2,3-4H3/t23?,25-,26-,27?,31+,32?/m0/s1. The highest BCUT2D eigenvalue weighted by Crippen LogP contribution is 2.65. The molecule has 1 aromatic carbocycles. The first-order valence-corrected chi connectivity index (χ1v) is 14.6. The maximum Gasteiger partial charge on any atom is 0.312 e. The van der Waals surface area contributed by atoms with Crippen molar-refractivity contribution in [2.45, 2.75) is 76.2 Å². The molecule has 0 radical (unpaired) electrons. The zero-order valence-corrected chi connectivity index (χ0v) is 23.9. The van der Waals surface area contributed by atoms with Crippen LogP contribution in [0.4, 0.5) is 0 Å². The van der Waals surface area contributed by atoms with Crippen molar-refractivity contribution in [2.24, 2.45) is 17.8 Å². The van der Waals surface area contributed by atoms with Gasteiger partial charge in [0.2, 0.25) is 11.8 Å². The number of amides is 2. The molecule has 0 saturated carbocycles. The highest BCUT2D eigenvalue weighted by atomic mass is 16.6. The van der Waals surface area contributed by atoms with Crippen LogP contribution in [-0.2, 0) is 30.4 Å². The van der Waals surface area contributed by atoms with Crippen LogP contribution >= 0.6 is 0 Å². The summed E-state index contributed by atoms with van der Waals surface area (Å²) in [6.07, 6.45) is 7.36. The number of likely N-dealkylation sites (tertiary alicyclic amines) is 1. The largest absolute Gasteiger partial charge is 0.465 e. The summed E-state index contributed by atoms with van der Waals surface area (Å²) in [5.41, 5.74) is -1.04. The zero-order valence-electron chi connectivity index (χ0n) is 23.9. The predicted octanol–water partition coefficient (Wildman–Crippen LogP) is 3.88. The van der Waals surface area contributed by atoms with Crippen molar-refractivity contribution in [3.63, 3.8) is 0 Å². The molecule has 1 aromatic rings. The minimum absolute atomic E-state index is 0.0473. The maximum absolute atomic E-state index is 14.5. The first-order chi connectivity index (χ1) is 19.2. The predicted molar refractivity (Wildman–Crippen MR) is 152 cm³/mol. The van der Waals surface area contributed by atoms with E-state index < -0.39 is 35.0 Å². The summed E-state index contributed by atoms with van der Waals surface area (Å²) >= 11 is 0. The van der Waals surface area contributed by atoms with Crippen LogP contribution in [0, 0.1) is 17.8 Å². The molecule has 8 heteroatoms. The fourth-order valence-electron chi connectivity index (χ4n) is 7.04. The van der Waals surface area contributed by atoms with Gasteiger partial charge in [-0.25, -0.2) is 0 Å². The van der Waals surface area contributed by atoms with Gasteiger partial charge in [0, 0.05) is 26.2 Å². The van der Waals surface area contributed by atoms with Crippen LogP contribution in [0.5, 0.6) is 0 Å². The minimum Gasteiger partial charge on any atom is -0.465 e. The molecule has 3 aliphatic heterocycles. The number of aliphatic hydroxyl groups is 1. The minimum atomic E-state index is -1.11. The van der Waals surface area contributed by atoms with Gasteiger partial charge < -0.3 is 24.4 Å². The van der Waals surface area contributed by atoms with E-state index in [1.165, 1.54) is 0 Å². The first-order valence-electron chi connectivity index (χ1n) is 14.6. The number of rotatable bonds is 15. The highest BCUT2D eigenvalue weighted by molar-refractivity contribution is 5.98. The lowest BCUT2D eigenvalue weighted by molar-refractivity contribution is -0.162. The van der Waals surface area contributed by atoms with Crippen molar-refractivity contribution < 1.29 is 29.0 Å². The first kappa shape index (κ1) is 30.0. The van der Waals surface area contributed by atoms with E-state index in [-0.39, 0.29) is 30.9 Å². The molecule has 2 amide bonds. The van der Waals surface area contributed by atoms with Crippen LogP contribution in [-0.4, -0.2) is 76.2 Å². The molecule has 3 aliphatic rings. The summed E-state index contributed by atoms with van der Waals surface area (Å²) in [5, 5.41) is 9.27. The molecule has 3 fully saturated rings. The lowest BCUT2D eigenvalue weighted by atomic mass is 9.62. The molecule has 1 N–H and O–H groups in total. The van der Waals surface area contributed by atoms with E-state index in [1.807, 2.05) is 44.2 Å². The third-order valence-corrected chi connectivity index (χ3v) is 9.03. The zero-order chi connectivity index (χ0) is 28.9. The summed E-state index contributed by atoms with van der Waals surface area (Å²) in [4.78, 5) is 45.6. The molecule has 2 bridgehead atoms. The van der Waals surface area contributed by atoms with Crippen molar-refractivity contribution in [1.82, 2.24) is 9.80 Å². The highest BCUT2D eigenvalue weighted by Gasteiger charge is 2.80. The number of unbranched alkanes of at least 4 members (excludes halogenated alkanes) is 3. The van der Waals surface area contributed by atoms with Gasteiger partial charge in [0.15, 0.2) is 0 Å². The molecule has 8 nitrogen and oxygen atoms in total. The number of allylic oxidation sites excluding steroid dienone is 1. The maximum atomic E-state index is 14.5. The molecule has 218 valence electrons. The van der Waals surface area contributed by atoms with Gasteiger partial charge in [0.05, 0.1) is 18.1 Å². The Morgan fingerprint density at radius 3 is 2.60 bits per heavy atom. The van der Waals surface area contributed by atoms with Crippen LogP contribution < -0.4 is 0 Å². The van der Waals surface area contributed by atoms with Gasteiger partial charge in [0.1, 0.15) is 17.6 Å². The fourth-order valence-corrected chi connectivity index (χ4v) is 7.04. The number of hydrogen-bond donors (Lipinski definition) is 1. The number of benzene rings is 1. The number of ether oxygens (including phenoxy) is 2. The average molecular weight is 553 g/mol. The van der Waals surface area contributed by atoms with Gasteiger partial charge >= 0.3 is 5.97 Å². The SMILES string of the molecule is C=CCCCOC(=O)[C@@H]1[C@H]2C(=O)N(CCCCCO)C(C(=O)N(CC=C)Cc3ccccc3)C23CC(C)[C@@]1(C)O3. The van der Waals surface area contributed by atoms with Crippen molar-refractivity contribution >= 4 is 17.8 Å². The Morgan fingerprint density at radius 1 is 1.18 bits per heavy atom. The van der Waals surface area contributed by atoms with Gasteiger partial charge in [-0.2, -0.15) is 0 Å². The number of hydrogen-bond acceptors (Lipinski definition) is 6. The van der Waals surface area contributed by atoms with Crippen molar-refractivity contribution in [2.75, 3.05) is 26.3 Å². The van der Waals surface area contributed by atoms with Crippen LogP contribution in [0.15, 0.2) is 55.6 Å². The van der Waals surface area contributed by atoms with Crippen molar-refractivity contribution in [3.05, 3.63) is 61.2 Å². The van der Waals surface area contributed by atoms with E-state index in [2.05, 4.69) is 13.2 Å². The molecule has 4 rings (SSSR count). The van der Waals surface area contributed by atoms with E-state index in [0.717, 1.165) is 18.4 Å². The van der Waals surface area contributed by atoms with Gasteiger partial charge in [-0.3, -0.25) is 14.4 Å². The summed E-state index contributed by atoms with van der Waals surface area (Å²) in [5.74, 6) is -2.46. The molecular weight excluding hydrogens is 508 g/mol. The van der Waals surface area contributed by atoms with E-state index >= 15 is 0 Å². The lowest BCUT2D eigenvalue weighted by Crippen LogP contribution is -2.56. The summed E-state index contributed by atoms with van der Waals surface area (Å²) < 4.78 is 12.5. The molecule has 0 aromatic heterocycles. The smallest absolute Gasteiger partial charge is 0.312 e. The topological polar surface area (TPSA) is 96.4 Å². The Morgan fingerprint density at radius 2 is 1.93 bits per heavy atom. The number of carbonyl (C=O) groups excluding carboxylic acids is 3. The number of carbonyl (C=O) groups is 3.